The molecule has 2 rings (SSSR count). The van der Waals surface area contributed by atoms with Crippen LogP contribution in [0.2, 0.25) is 0 Å². The summed E-state index contributed by atoms with van der Waals surface area (Å²) in [5, 5.41) is 4.00. The average molecular weight is 336 g/mol. The molecule has 0 saturated carbocycles. The molecular weight excluding hydrogens is 327 g/mol. The summed E-state index contributed by atoms with van der Waals surface area (Å²) in [4.78, 5) is 11.5. The van der Waals surface area contributed by atoms with Crippen LogP contribution >= 0.6 is 22.6 Å². The molecule has 0 saturated heterocycles. The fourth-order valence-electron chi connectivity index (χ4n) is 1.27. The summed E-state index contributed by atoms with van der Waals surface area (Å²) < 4.78 is 2.18. The van der Waals surface area contributed by atoms with Gasteiger partial charge in [0.2, 0.25) is 0 Å². The molecule has 0 N–H and O–H groups in total. The predicted octanol–water partition coefficient (Wildman–Crippen LogP) is 1.90. The van der Waals surface area contributed by atoms with Gasteiger partial charge in [-0.1, -0.05) is 30.0 Å². The lowest BCUT2D eigenvalue weighted by Gasteiger charge is -1.97. The normalized spacial score (nSPS) is 9.47. The van der Waals surface area contributed by atoms with E-state index in [-0.39, 0.29) is 5.56 Å². The molecule has 1 aromatic carbocycles. The van der Waals surface area contributed by atoms with E-state index in [9.17, 15) is 4.79 Å². The zero-order valence-electron chi connectivity index (χ0n) is 8.93. The number of aromatic nitrogens is 2. The van der Waals surface area contributed by atoms with Crippen molar-refractivity contribution in [3.05, 3.63) is 62.1 Å². The number of rotatable bonds is 1. The van der Waals surface area contributed by atoms with E-state index in [2.05, 4.69) is 39.5 Å². The Bertz CT molecular complexity index is 623. The van der Waals surface area contributed by atoms with E-state index in [4.69, 9.17) is 0 Å². The monoisotopic (exact) mass is 336 g/mol. The molecule has 0 bridgehead atoms. The summed E-state index contributed by atoms with van der Waals surface area (Å²) >= 11 is 2.06. The molecule has 0 aliphatic carbocycles. The lowest BCUT2D eigenvalue weighted by Crippen LogP contribution is -2.21. The van der Waals surface area contributed by atoms with Crippen LogP contribution in [0, 0.1) is 15.4 Å². The Balaban J connectivity index is 2.13. The van der Waals surface area contributed by atoms with Crippen molar-refractivity contribution in [2.24, 2.45) is 0 Å². The zero-order chi connectivity index (χ0) is 12.1. The van der Waals surface area contributed by atoms with Gasteiger partial charge >= 0.3 is 0 Å². The Morgan fingerprint density at radius 3 is 2.76 bits per heavy atom. The summed E-state index contributed by atoms with van der Waals surface area (Å²) in [5.74, 6) is 5.91. The van der Waals surface area contributed by atoms with Gasteiger partial charge in [0, 0.05) is 15.2 Å². The van der Waals surface area contributed by atoms with Crippen LogP contribution in [-0.2, 0) is 6.54 Å². The largest absolute Gasteiger partial charge is 0.268 e. The molecule has 4 heteroatoms. The third kappa shape index (κ3) is 3.43. The first-order valence-corrected chi connectivity index (χ1v) is 6.10. The highest BCUT2D eigenvalue weighted by Gasteiger charge is 1.95. The Morgan fingerprint density at radius 2 is 2.06 bits per heavy atom. The standard InChI is InChI=1S/C13H9IN2O/c14-12-9-13(17)16(15-10-12)8-4-7-11-5-2-1-3-6-11/h1-3,5-6,9-10H,8H2. The number of hydrogen-bond donors (Lipinski definition) is 0. The van der Waals surface area contributed by atoms with Crippen molar-refractivity contribution in [1.82, 2.24) is 9.78 Å². The molecule has 1 aromatic heterocycles. The molecule has 0 fully saturated rings. The van der Waals surface area contributed by atoms with Crippen LogP contribution in [0.4, 0.5) is 0 Å². The second-order valence-corrected chi connectivity index (χ2v) is 4.58. The van der Waals surface area contributed by atoms with Crippen molar-refractivity contribution in [2.45, 2.75) is 6.54 Å². The highest BCUT2D eigenvalue weighted by molar-refractivity contribution is 14.1. The first-order chi connectivity index (χ1) is 8.25. The molecule has 0 aliphatic heterocycles. The molecule has 1 heterocycles. The fourth-order valence-corrected chi connectivity index (χ4v) is 1.66. The van der Waals surface area contributed by atoms with E-state index in [0.717, 1.165) is 9.13 Å². The Morgan fingerprint density at radius 1 is 1.29 bits per heavy atom. The summed E-state index contributed by atoms with van der Waals surface area (Å²) in [5.41, 5.74) is 0.810. The Labute approximate surface area is 113 Å². The van der Waals surface area contributed by atoms with Gasteiger partial charge in [-0.05, 0) is 34.7 Å². The Hall–Kier alpha value is -1.61. The second-order valence-electron chi connectivity index (χ2n) is 3.34. The highest BCUT2D eigenvalue weighted by atomic mass is 127. The molecule has 2 aromatic rings. The number of hydrogen-bond acceptors (Lipinski definition) is 2. The topological polar surface area (TPSA) is 34.9 Å². The quantitative estimate of drug-likeness (QED) is 0.589. The third-order valence-corrected chi connectivity index (χ3v) is 2.66. The lowest BCUT2D eigenvalue weighted by molar-refractivity contribution is 0.660. The van der Waals surface area contributed by atoms with Crippen LogP contribution in [0.3, 0.4) is 0 Å². The van der Waals surface area contributed by atoms with E-state index in [1.807, 2.05) is 30.3 Å². The highest BCUT2D eigenvalue weighted by Crippen LogP contribution is 1.96. The summed E-state index contributed by atoms with van der Waals surface area (Å²) in [6.07, 6.45) is 1.64. The minimum absolute atomic E-state index is 0.126. The maximum absolute atomic E-state index is 11.5. The van der Waals surface area contributed by atoms with Crippen LogP contribution in [0.1, 0.15) is 5.56 Å². The van der Waals surface area contributed by atoms with E-state index in [0.29, 0.717) is 6.54 Å². The van der Waals surface area contributed by atoms with Gasteiger partial charge < -0.3 is 0 Å². The van der Waals surface area contributed by atoms with Gasteiger partial charge in [0.05, 0.1) is 6.20 Å². The smallest absolute Gasteiger partial charge is 0.268 e. The molecule has 0 unspecified atom stereocenters. The van der Waals surface area contributed by atoms with Crippen molar-refractivity contribution >= 4 is 22.6 Å². The van der Waals surface area contributed by atoms with Gasteiger partial charge in [-0.25, -0.2) is 4.68 Å². The minimum atomic E-state index is -0.126. The molecule has 84 valence electrons. The van der Waals surface area contributed by atoms with Gasteiger partial charge in [0.25, 0.3) is 5.56 Å². The van der Waals surface area contributed by atoms with Crippen LogP contribution in [0.15, 0.2) is 47.4 Å². The van der Waals surface area contributed by atoms with E-state index in [1.54, 1.807) is 6.20 Å². The van der Waals surface area contributed by atoms with Gasteiger partial charge in [-0.3, -0.25) is 4.79 Å². The van der Waals surface area contributed by atoms with Crippen molar-refractivity contribution in [3.63, 3.8) is 0 Å². The number of halogens is 1. The molecular formula is C13H9IN2O. The summed E-state index contributed by atoms with van der Waals surface area (Å²) in [6, 6.07) is 11.2. The Kier molecular flexibility index (Phi) is 3.94. The first-order valence-electron chi connectivity index (χ1n) is 5.02. The SMILES string of the molecule is O=c1cc(I)cnn1CC#Cc1ccccc1. The van der Waals surface area contributed by atoms with Gasteiger partial charge in [0.15, 0.2) is 0 Å². The molecule has 0 aliphatic rings. The van der Waals surface area contributed by atoms with Gasteiger partial charge in [-0.2, -0.15) is 5.10 Å². The van der Waals surface area contributed by atoms with Crippen LogP contribution in [-0.4, -0.2) is 9.78 Å². The van der Waals surface area contributed by atoms with E-state index < -0.39 is 0 Å². The van der Waals surface area contributed by atoms with Crippen molar-refractivity contribution < 1.29 is 0 Å². The molecule has 0 spiro atoms. The molecule has 17 heavy (non-hydrogen) atoms. The fraction of sp³-hybridized carbons (Fsp3) is 0.0769. The molecule has 0 atom stereocenters. The third-order valence-electron chi connectivity index (χ3n) is 2.07. The van der Waals surface area contributed by atoms with Crippen LogP contribution in [0.25, 0.3) is 0 Å². The van der Waals surface area contributed by atoms with Crippen LogP contribution in [0.5, 0.6) is 0 Å². The van der Waals surface area contributed by atoms with E-state index in [1.165, 1.54) is 10.7 Å². The van der Waals surface area contributed by atoms with Crippen molar-refractivity contribution in [1.29, 1.82) is 0 Å². The maximum atomic E-state index is 11.5. The first kappa shape index (κ1) is 11.9. The number of benzene rings is 1. The van der Waals surface area contributed by atoms with Crippen LogP contribution < -0.4 is 5.56 Å². The van der Waals surface area contributed by atoms with Crippen molar-refractivity contribution in [2.75, 3.05) is 0 Å². The van der Waals surface area contributed by atoms with Gasteiger partial charge in [0.1, 0.15) is 6.54 Å². The molecule has 0 radical (unpaired) electrons. The zero-order valence-corrected chi connectivity index (χ0v) is 11.1. The van der Waals surface area contributed by atoms with E-state index >= 15 is 0 Å². The summed E-state index contributed by atoms with van der Waals surface area (Å²) in [6.45, 7) is 0.310. The molecule has 3 nitrogen and oxygen atoms in total. The number of nitrogens with zero attached hydrogens (tertiary/aromatic N) is 2. The van der Waals surface area contributed by atoms with Gasteiger partial charge in [-0.15, -0.1) is 0 Å². The van der Waals surface area contributed by atoms with Crippen molar-refractivity contribution in [3.8, 4) is 11.8 Å². The lowest BCUT2D eigenvalue weighted by atomic mass is 10.2. The maximum Gasteiger partial charge on any atom is 0.268 e. The minimum Gasteiger partial charge on any atom is -0.268 e. The molecule has 0 amide bonds. The average Bonchev–Trinajstić information content (AvgIpc) is 2.33. The second kappa shape index (κ2) is 5.64. The summed E-state index contributed by atoms with van der Waals surface area (Å²) in [7, 11) is 0. The predicted molar refractivity (Wildman–Crippen MR) is 74.5 cm³/mol.